The van der Waals surface area contributed by atoms with Crippen LogP contribution in [0.3, 0.4) is 0 Å². The third kappa shape index (κ3) is 2.70. The monoisotopic (exact) mass is 381 g/mol. The number of imide groups is 1. The molecule has 2 aromatic rings. The highest BCUT2D eigenvalue weighted by Crippen LogP contribution is 2.40. The molecule has 0 bridgehead atoms. The second-order valence-electron chi connectivity index (χ2n) is 5.31. The van der Waals surface area contributed by atoms with Gasteiger partial charge in [0.15, 0.2) is 0 Å². The van der Waals surface area contributed by atoms with Gasteiger partial charge in [0, 0.05) is 0 Å². The smallest absolute Gasteiger partial charge is 0.267 e. The van der Waals surface area contributed by atoms with Crippen molar-refractivity contribution >= 4 is 33.0 Å². The first-order chi connectivity index (χ1) is 12.2. The molecule has 0 fully saturated rings. The Morgan fingerprint density at radius 2 is 1.04 bits per heavy atom. The van der Waals surface area contributed by atoms with Crippen molar-refractivity contribution in [3.63, 3.8) is 0 Å². The van der Waals surface area contributed by atoms with Crippen molar-refractivity contribution in [1.82, 2.24) is 4.31 Å². The van der Waals surface area contributed by atoms with Crippen LogP contribution in [0.15, 0.2) is 60.7 Å². The molecule has 0 saturated carbocycles. The Hall–Kier alpha value is -2.94. The second-order valence-corrected chi connectivity index (χ2v) is 7.09. The molecule has 0 aromatic heterocycles. The molecule has 1 aliphatic heterocycles. The number of carbonyl (C=O) groups is 2. The number of hydrogen-bond acceptors (Lipinski definition) is 4. The van der Waals surface area contributed by atoms with Crippen LogP contribution in [0.5, 0.6) is 0 Å². The molecule has 0 radical (unpaired) electrons. The van der Waals surface area contributed by atoms with Crippen LogP contribution >= 0.6 is 0 Å². The van der Waals surface area contributed by atoms with Crippen LogP contribution in [0, 0.1) is 0 Å². The largest absolute Gasteiger partial charge is 0.517 e. The van der Waals surface area contributed by atoms with Gasteiger partial charge in [-0.2, -0.15) is 25.9 Å². The lowest BCUT2D eigenvalue weighted by atomic mass is 9.96. The molecule has 0 saturated heterocycles. The average Bonchev–Trinajstić information content (AvgIpc) is 2.86. The van der Waals surface area contributed by atoms with Gasteiger partial charge < -0.3 is 0 Å². The van der Waals surface area contributed by atoms with E-state index in [0.29, 0.717) is 0 Å². The van der Waals surface area contributed by atoms with Crippen LogP contribution < -0.4 is 0 Å². The fraction of sp³-hybridized carbons (Fsp3) is 0.0588. The minimum Gasteiger partial charge on any atom is -0.267 e. The number of rotatable bonds is 3. The molecular weight excluding hydrogens is 371 g/mol. The van der Waals surface area contributed by atoms with E-state index in [0.717, 1.165) is 0 Å². The number of carbonyl (C=O) groups excluding carboxylic acids is 2. The molecule has 2 aromatic carbocycles. The normalized spacial score (nSPS) is 15.7. The Morgan fingerprint density at radius 1 is 0.692 bits per heavy atom. The van der Waals surface area contributed by atoms with Crippen LogP contribution in [-0.2, 0) is 19.6 Å². The minimum absolute atomic E-state index is 0.143. The zero-order chi connectivity index (χ0) is 19.1. The Balaban J connectivity index is 2.27. The molecule has 0 unspecified atom stereocenters. The van der Waals surface area contributed by atoms with Crippen molar-refractivity contribution in [2.45, 2.75) is 5.51 Å². The van der Waals surface area contributed by atoms with E-state index in [1.165, 1.54) is 48.5 Å². The highest BCUT2D eigenvalue weighted by Gasteiger charge is 2.58. The van der Waals surface area contributed by atoms with E-state index in [1.54, 1.807) is 12.1 Å². The lowest BCUT2D eigenvalue weighted by molar-refractivity contribution is -0.131. The first-order valence-electron chi connectivity index (χ1n) is 7.21. The maximum atomic E-state index is 12.9. The number of halogens is 3. The van der Waals surface area contributed by atoms with Crippen LogP contribution in [-0.4, -0.2) is 30.0 Å². The number of sulfonamides is 1. The van der Waals surface area contributed by atoms with Gasteiger partial charge in [0.2, 0.25) is 0 Å². The van der Waals surface area contributed by atoms with Gasteiger partial charge in [-0.25, -0.2) is 0 Å². The fourth-order valence-corrected chi connectivity index (χ4v) is 3.40. The van der Waals surface area contributed by atoms with E-state index < -0.39 is 42.8 Å². The van der Waals surface area contributed by atoms with E-state index in [-0.39, 0.29) is 11.1 Å². The SMILES string of the molecule is O=C1C(c2ccccc2)=C(c2ccccc2)C(=O)N1S(=O)(=O)C(F)(F)F. The molecule has 5 nitrogen and oxygen atoms in total. The predicted octanol–water partition coefficient (Wildman–Crippen LogP) is 2.82. The third-order valence-electron chi connectivity index (χ3n) is 3.70. The van der Waals surface area contributed by atoms with Crippen LogP contribution in [0.4, 0.5) is 13.2 Å². The van der Waals surface area contributed by atoms with Crippen molar-refractivity contribution in [3.05, 3.63) is 71.8 Å². The van der Waals surface area contributed by atoms with Gasteiger partial charge in [0.1, 0.15) is 0 Å². The summed E-state index contributed by atoms with van der Waals surface area (Å²) < 4.78 is 61.6. The summed E-state index contributed by atoms with van der Waals surface area (Å²) in [7, 11) is -6.16. The maximum absolute atomic E-state index is 12.9. The number of nitrogens with zero attached hydrogens (tertiary/aromatic N) is 1. The van der Waals surface area contributed by atoms with Gasteiger partial charge in [-0.15, -0.1) is 0 Å². The molecular formula is C17H10F3NO4S. The van der Waals surface area contributed by atoms with Gasteiger partial charge in [-0.05, 0) is 11.1 Å². The van der Waals surface area contributed by atoms with E-state index in [1.807, 2.05) is 0 Å². The number of hydrogen-bond donors (Lipinski definition) is 0. The van der Waals surface area contributed by atoms with E-state index in [2.05, 4.69) is 0 Å². The fourth-order valence-electron chi connectivity index (χ4n) is 2.58. The highest BCUT2D eigenvalue weighted by molar-refractivity contribution is 7.91. The predicted molar refractivity (Wildman–Crippen MR) is 86.5 cm³/mol. The zero-order valence-electron chi connectivity index (χ0n) is 12.9. The Labute approximate surface area is 146 Å². The quantitative estimate of drug-likeness (QED) is 0.767. The second kappa shape index (κ2) is 6.10. The van der Waals surface area contributed by atoms with Crippen molar-refractivity contribution in [2.24, 2.45) is 0 Å². The number of alkyl halides is 3. The molecule has 9 heteroatoms. The van der Waals surface area contributed by atoms with Crippen LogP contribution in [0.2, 0.25) is 0 Å². The summed E-state index contributed by atoms with van der Waals surface area (Å²) in [5, 5.41) is 0. The first-order valence-corrected chi connectivity index (χ1v) is 8.65. The van der Waals surface area contributed by atoms with Gasteiger partial charge in [-0.3, -0.25) is 9.59 Å². The summed E-state index contributed by atoms with van der Waals surface area (Å²) in [5.41, 5.74) is -6.29. The molecule has 1 heterocycles. The molecule has 0 spiro atoms. The van der Waals surface area contributed by atoms with Crippen LogP contribution in [0.25, 0.3) is 11.1 Å². The van der Waals surface area contributed by atoms with Crippen molar-refractivity contribution in [2.75, 3.05) is 0 Å². The van der Waals surface area contributed by atoms with E-state index >= 15 is 0 Å². The van der Waals surface area contributed by atoms with Crippen molar-refractivity contribution in [3.8, 4) is 0 Å². The van der Waals surface area contributed by atoms with Gasteiger partial charge in [0.25, 0.3) is 11.8 Å². The molecule has 1 aliphatic rings. The molecule has 3 rings (SSSR count). The lowest BCUT2D eigenvalue weighted by Gasteiger charge is -2.17. The number of amides is 2. The molecule has 26 heavy (non-hydrogen) atoms. The van der Waals surface area contributed by atoms with Gasteiger partial charge in [0.05, 0.1) is 11.1 Å². The first kappa shape index (κ1) is 17.9. The molecule has 0 N–H and O–H groups in total. The van der Waals surface area contributed by atoms with E-state index in [4.69, 9.17) is 0 Å². The number of benzene rings is 2. The standard InChI is InChI=1S/C17H10F3NO4S/c18-17(19,20)26(24,25)21-15(22)13(11-7-3-1-4-8-11)14(16(21)23)12-9-5-2-6-10-12/h1-10H. The van der Waals surface area contributed by atoms with Gasteiger partial charge in [-0.1, -0.05) is 60.7 Å². The zero-order valence-corrected chi connectivity index (χ0v) is 13.7. The van der Waals surface area contributed by atoms with Crippen molar-refractivity contribution in [1.29, 1.82) is 0 Å². The van der Waals surface area contributed by atoms with Crippen LogP contribution in [0.1, 0.15) is 11.1 Å². The Kier molecular flexibility index (Phi) is 4.19. The summed E-state index contributed by atoms with van der Waals surface area (Å²) in [5.74, 6) is -3.06. The molecule has 134 valence electrons. The third-order valence-corrected chi connectivity index (χ3v) is 5.10. The molecule has 2 amide bonds. The summed E-state index contributed by atoms with van der Waals surface area (Å²) in [6.45, 7) is 0. The summed E-state index contributed by atoms with van der Waals surface area (Å²) in [6, 6.07) is 14.9. The summed E-state index contributed by atoms with van der Waals surface area (Å²) in [6.07, 6.45) is 0. The van der Waals surface area contributed by atoms with E-state index in [9.17, 15) is 31.2 Å². The lowest BCUT2D eigenvalue weighted by Crippen LogP contribution is -2.44. The Morgan fingerprint density at radius 3 is 1.35 bits per heavy atom. The molecule has 0 aliphatic carbocycles. The van der Waals surface area contributed by atoms with Gasteiger partial charge >= 0.3 is 15.5 Å². The average molecular weight is 381 g/mol. The van der Waals surface area contributed by atoms with Crippen molar-refractivity contribution < 1.29 is 31.2 Å². The summed E-state index contributed by atoms with van der Waals surface area (Å²) in [4.78, 5) is 25.1. The minimum atomic E-state index is -6.16. The summed E-state index contributed by atoms with van der Waals surface area (Å²) >= 11 is 0. The Bertz CT molecular complexity index is 951. The highest BCUT2D eigenvalue weighted by atomic mass is 32.2. The topological polar surface area (TPSA) is 71.5 Å². The maximum Gasteiger partial charge on any atom is 0.517 e. The molecule has 0 atom stereocenters.